The van der Waals surface area contributed by atoms with Crippen LogP contribution in [-0.4, -0.2) is 7.12 Å². The van der Waals surface area contributed by atoms with Gasteiger partial charge in [0.05, 0.1) is 0 Å². The van der Waals surface area contributed by atoms with E-state index in [1.807, 2.05) is 30.3 Å². The molecule has 0 amide bonds. The first-order valence-electron chi connectivity index (χ1n) is 12.0. The summed E-state index contributed by atoms with van der Waals surface area (Å²) in [5, 5.41) is 0. The molecule has 0 bridgehead atoms. The lowest BCUT2D eigenvalue weighted by molar-refractivity contribution is 0.00370. The average Bonchev–Trinajstić information content (AvgIpc) is 3.29. The van der Waals surface area contributed by atoms with Crippen LogP contribution in [0, 0.1) is 0 Å². The third-order valence-corrected chi connectivity index (χ3v) is 6.93. The normalized spacial score (nSPS) is 17.3. The average molecular weight is 444 g/mol. The monoisotopic (exact) mass is 444 g/mol. The zero-order valence-electron chi connectivity index (χ0n) is 19.5. The lowest BCUT2D eigenvalue weighted by Gasteiger charge is -2.46. The lowest BCUT2D eigenvalue weighted by atomic mass is 9.66. The molecule has 0 unspecified atom stereocenters. The van der Waals surface area contributed by atoms with Crippen LogP contribution in [0.5, 0.6) is 0 Å². The molecule has 1 atom stereocenters. The van der Waals surface area contributed by atoms with E-state index in [-0.39, 0.29) is 5.82 Å². The predicted octanol–water partition coefficient (Wildman–Crippen LogP) is 7.38. The van der Waals surface area contributed by atoms with Crippen LogP contribution < -0.4 is 0 Å². The quantitative estimate of drug-likeness (QED) is 0.219. The maximum atomic E-state index is 7.20. The van der Waals surface area contributed by atoms with Crippen molar-refractivity contribution in [3.05, 3.63) is 156 Å². The molecule has 1 aliphatic rings. The number of benzene rings is 4. The highest BCUT2D eigenvalue weighted by Gasteiger charge is 2.66. The fraction of sp³-hybridized carbons (Fsp3) is 0.161. The van der Waals surface area contributed by atoms with E-state index < -0.39 is 18.3 Å². The Bertz CT molecular complexity index is 1040. The third-order valence-electron chi connectivity index (χ3n) is 6.93. The Kier molecular flexibility index (Phi) is 6.23. The second-order valence-corrected chi connectivity index (χ2v) is 8.74. The van der Waals surface area contributed by atoms with E-state index in [0.717, 1.165) is 28.7 Å². The van der Waals surface area contributed by atoms with Crippen LogP contribution >= 0.6 is 0 Å². The van der Waals surface area contributed by atoms with Crippen LogP contribution in [0.2, 0.25) is 5.82 Å². The molecule has 0 N–H and O–H groups in total. The van der Waals surface area contributed by atoms with Gasteiger partial charge in [0.15, 0.2) is 0 Å². The summed E-state index contributed by atoms with van der Waals surface area (Å²) < 4.78 is 14.4. The Morgan fingerprint density at radius 1 is 0.618 bits per heavy atom. The van der Waals surface area contributed by atoms with Gasteiger partial charge in [-0.3, -0.25) is 0 Å². The summed E-state index contributed by atoms with van der Waals surface area (Å²) >= 11 is 0. The molecule has 2 nitrogen and oxygen atoms in total. The van der Waals surface area contributed by atoms with Crippen molar-refractivity contribution >= 4 is 7.12 Å². The maximum absolute atomic E-state index is 7.20. The molecular weight excluding hydrogens is 415 g/mol. The summed E-state index contributed by atoms with van der Waals surface area (Å²) in [5.74, 6) is 0.0427. The summed E-state index contributed by atoms with van der Waals surface area (Å²) in [6.07, 6.45) is 2.82. The van der Waals surface area contributed by atoms with Gasteiger partial charge in [-0.1, -0.05) is 141 Å². The first kappa shape index (κ1) is 22.4. The molecule has 5 rings (SSSR count). The van der Waals surface area contributed by atoms with Crippen molar-refractivity contribution in [2.45, 2.75) is 30.4 Å². The number of allylic oxidation sites excluding steroid dienone is 1. The van der Waals surface area contributed by atoms with Gasteiger partial charge in [0.2, 0.25) is 0 Å². The highest BCUT2D eigenvalue weighted by atomic mass is 16.7. The summed E-state index contributed by atoms with van der Waals surface area (Å²) in [6.45, 7) is 6.25. The second kappa shape index (κ2) is 9.46. The van der Waals surface area contributed by atoms with Gasteiger partial charge in [-0.2, -0.15) is 0 Å². The molecule has 4 aromatic carbocycles. The Hall–Kier alpha value is -3.40. The van der Waals surface area contributed by atoms with Gasteiger partial charge in [0.1, 0.15) is 11.2 Å². The Balaban J connectivity index is 1.92. The molecule has 0 spiro atoms. The molecule has 0 saturated carbocycles. The molecule has 0 aliphatic carbocycles. The molecule has 1 saturated heterocycles. The van der Waals surface area contributed by atoms with Crippen molar-refractivity contribution in [3.63, 3.8) is 0 Å². The van der Waals surface area contributed by atoms with Crippen LogP contribution in [0.15, 0.2) is 134 Å². The highest BCUT2D eigenvalue weighted by Crippen LogP contribution is 2.60. The third kappa shape index (κ3) is 3.44. The molecule has 1 aliphatic heterocycles. The van der Waals surface area contributed by atoms with Gasteiger partial charge in [0.25, 0.3) is 0 Å². The second-order valence-electron chi connectivity index (χ2n) is 8.74. The van der Waals surface area contributed by atoms with Crippen LogP contribution in [0.4, 0.5) is 0 Å². The van der Waals surface area contributed by atoms with Gasteiger partial charge < -0.3 is 9.31 Å². The molecule has 3 heteroatoms. The highest BCUT2D eigenvalue weighted by molar-refractivity contribution is 6.48. The SMILES string of the molecule is C=C[C@H](CC)B1OC(c2ccccc2)(c2ccccc2)C(c2ccccc2)(c2ccccc2)O1. The van der Waals surface area contributed by atoms with Crippen molar-refractivity contribution in [2.24, 2.45) is 0 Å². The van der Waals surface area contributed by atoms with Crippen molar-refractivity contribution in [1.29, 1.82) is 0 Å². The van der Waals surface area contributed by atoms with Crippen LogP contribution in [-0.2, 0) is 20.5 Å². The molecule has 1 heterocycles. The summed E-state index contributed by atoms with van der Waals surface area (Å²) in [5.41, 5.74) is 2.37. The molecule has 4 aromatic rings. The van der Waals surface area contributed by atoms with Gasteiger partial charge in [0, 0.05) is 5.82 Å². The smallest absolute Gasteiger partial charge is 0.394 e. The van der Waals surface area contributed by atoms with E-state index in [1.54, 1.807) is 0 Å². The van der Waals surface area contributed by atoms with Crippen LogP contribution in [0.25, 0.3) is 0 Å². The summed E-state index contributed by atoms with van der Waals surface area (Å²) in [7, 11) is -0.469. The predicted molar refractivity (Wildman–Crippen MR) is 139 cm³/mol. The van der Waals surface area contributed by atoms with Crippen LogP contribution in [0.3, 0.4) is 0 Å². The first-order chi connectivity index (χ1) is 16.8. The minimum atomic E-state index is -0.917. The molecule has 34 heavy (non-hydrogen) atoms. The van der Waals surface area contributed by atoms with E-state index in [2.05, 4.69) is 111 Å². The Morgan fingerprint density at radius 3 is 1.15 bits per heavy atom. The van der Waals surface area contributed by atoms with Gasteiger partial charge >= 0.3 is 7.12 Å². The van der Waals surface area contributed by atoms with Crippen molar-refractivity contribution in [3.8, 4) is 0 Å². The van der Waals surface area contributed by atoms with E-state index in [4.69, 9.17) is 9.31 Å². The molecule has 0 aromatic heterocycles. The molecule has 0 radical (unpaired) electrons. The molecular formula is C31H29BO2. The number of hydrogen-bond donors (Lipinski definition) is 0. The fourth-order valence-corrected chi connectivity index (χ4v) is 5.29. The Labute approximate surface area is 203 Å². The van der Waals surface area contributed by atoms with Crippen molar-refractivity contribution in [1.82, 2.24) is 0 Å². The summed E-state index contributed by atoms with van der Waals surface area (Å²) in [6, 6.07) is 41.9. The van der Waals surface area contributed by atoms with E-state index >= 15 is 0 Å². The Morgan fingerprint density at radius 2 is 0.912 bits per heavy atom. The summed E-state index contributed by atoms with van der Waals surface area (Å²) in [4.78, 5) is 0. The van der Waals surface area contributed by atoms with E-state index in [9.17, 15) is 0 Å². The topological polar surface area (TPSA) is 18.5 Å². The maximum Gasteiger partial charge on any atom is 0.466 e. The van der Waals surface area contributed by atoms with E-state index in [0.29, 0.717) is 0 Å². The number of hydrogen-bond acceptors (Lipinski definition) is 2. The largest absolute Gasteiger partial charge is 0.466 e. The minimum absolute atomic E-state index is 0.0427. The zero-order chi connectivity index (χ0) is 23.4. The zero-order valence-corrected chi connectivity index (χ0v) is 19.5. The molecule has 1 fully saturated rings. The molecule has 168 valence electrons. The fourth-order valence-electron chi connectivity index (χ4n) is 5.29. The van der Waals surface area contributed by atoms with Crippen molar-refractivity contribution < 1.29 is 9.31 Å². The van der Waals surface area contributed by atoms with Gasteiger partial charge in [-0.15, -0.1) is 6.58 Å². The number of rotatable bonds is 7. The van der Waals surface area contributed by atoms with Gasteiger partial charge in [-0.05, 0) is 22.3 Å². The van der Waals surface area contributed by atoms with Gasteiger partial charge in [-0.25, -0.2) is 0 Å². The van der Waals surface area contributed by atoms with E-state index in [1.165, 1.54) is 0 Å². The standard InChI is InChI=1S/C31H29BO2/c1-3-29(4-2)32-33-30(25-17-9-5-10-18-25,26-19-11-6-12-20-26)31(34-32,27-21-13-7-14-22-27)28-23-15-8-16-24-28/h3,5-24,29H,1,4H2,2H3/t29-/m1/s1. The first-order valence-corrected chi connectivity index (χ1v) is 12.0. The van der Waals surface area contributed by atoms with Crippen molar-refractivity contribution in [2.75, 3.05) is 0 Å². The lowest BCUT2D eigenvalue weighted by Crippen LogP contribution is -2.48. The minimum Gasteiger partial charge on any atom is -0.394 e. The van der Waals surface area contributed by atoms with Crippen LogP contribution in [0.1, 0.15) is 35.6 Å².